The van der Waals surface area contributed by atoms with Crippen LogP contribution in [0.25, 0.3) is 0 Å². The van der Waals surface area contributed by atoms with Crippen LogP contribution in [0.1, 0.15) is 29.6 Å². The van der Waals surface area contributed by atoms with Gasteiger partial charge in [0, 0.05) is 18.8 Å². The van der Waals surface area contributed by atoms with E-state index in [1.807, 2.05) is 4.90 Å². The molecule has 112 valence electrons. The van der Waals surface area contributed by atoms with E-state index < -0.39 is 10.9 Å². The second-order valence-electron chi connectivity index (χ2n) is 5.23. The van der Waals surface area contributed by atoms with Crippen molar-refractivity contribution >= 4 is 17.5 Å². The molecule has 2 fully saturated rings. The summed E-state index contributed by atoms with van der Waals surface area (Å²) in [7, 11) is 0. The zero-order valence-electron chi connectivity index (χ0n) is 11.3. The van der Waals surface area contributed by atoms with Crippen molar-refractivity contribution in [2.75, 3.05) is 18.1 Å². The lowest BCUT2D eigenvalue weighted by molar-refractivity contribution is -0.384. The van der Waals surface area contributed by atoms with E-state index >= 15 is 0 Å². The number of fused-ring (bicyclic) bond motifs is 1. The molecule has 1 aliphatic heterocycles. The van der Waals surface area contributed by atoms with E-state index in [4.69, 9.17) is 9.84 Å². The van der Waals surface area contributed by atoms with E-state index in [2.05, 4.69) is 4.98 Å². The van der Waals surface area contributed by atoms with Crippen LogP contribution in [0.5, 0.6) is 0 Å². The molecule has 1 N–H and O–H groups in total. The van der Waals surface area contributed by atoms with Crippen LogP contribution in [0.2, 0.25) is 0 Å². The van der Waals surface area contributed by atoms with Crippen molar-refractivity contribution < 1.29 is 19.6 Å². The number of nitrogens with zero attached hydrogens (tertiary/aromatic N) is 3. The van der Waals surface area contributed by atoms with Crippen molar-refractivity contribution in [1.29, 1.82) is 0 Å². The molecule has 1 aromatic heterocycles. The molecule has 1 aliphatic carbocycles. The molecular weight excluding hydrogens is 278 g/mol. The van der Waals surface area contributed by atoms with Crippen molar-refractivity contribution in [2.24, 2.45) is 0 Å². The molecule has 0 spiro atoms. The minimum Gasteiger partial charge on any atom is -0.478 e. The van der Waals surface area contributed by atoms with Crippen molar-refractivity contribution in [3.8, 4) is 0 Å². The van der Waals surface area contributed by atoms with Gasteiger partial charge in [0.1, 0.15) is 0 Å². The van der Waals surface area contributed by atoms with E-state index in [9.17, 15) is 14.9 Å². The number of carboxylic acids is 1. The second kappa shape index (κ2) is 5.28. The Labute approximate surface area is 120 Å². The van der Waals surface area contributed by atoms with Gasteiger partial charge in [0.2, 0.25) is 5.82 Å². The van der Waals surface area contributed by atoms with Gasteiger partial charge in [0.25, 0.3) is 0 Å². The number of hydrogen-bond acceptors (Lipinski definition) is 6. The van der Waals surface area contributed by atoms with Crippen LogP contribution in [0, 0.1) is 10.1 Å². The fourth-order valence-electron chi connectivity index (χ4n) is 3.11. The number of aromatic nitrogens is 1. The van der Waals surface area contributed by atoms with E-state index in [-0.39, 0.29) is 29.2 Å². The number of carboxylic acid groups (broad SMARTS) is 1. The van der Waals surface area contributed by atoms with Gasteiger partial charge in [-0.3, -0.25) is 10.1 Å². The number of hydrogen-bond donors (Lipinski definition) is 1. The van der Waals surface area contributed by atoms with E-state index in [0.29, 0.717) is 13.2 Å². The van der Waals surface area contributed by atoms with Gasteiger partial charge in [0.05, 0.1) is 29.2 Å². The minimum absolute atomic E-state index is 0.0827. The fraction of sp³-hybridized carbons (Fsp3) is 0.538. The number of aromatic carboxylic acids is 1. The van der Waals surface area contributed by atoms with Gasteiger partial charge < -0.3 is 14.7 Å². The third-order valence-electron chi connectivity index (χ3n) is 4.05. The standard InChI is InChI=1S/C13H15N3O5/c17-13(18)8-6-10(16(19)20)12(14-7-8)15-4-5-21-11-3-1-2-9(11)15/h6-7,9,11H,1-5H2,(H,17,18). The monoisotopic (exact) mass is 293 g/mol. The lowest BCUT2D eigenvalue weighted by Gasteiger charge is -2.38. The molecule has 2 heterocycles. The maximum Gasteiger partial charge on any atom is 0.337 e. The van der Waals surface area contributed by atoms with Gasteiger partial charge in [-0.05, 0) is 19.3 Å². The summed E-state index contributed by atoms with van der Waals surface area (Å²) in [5.41, 5.74) is -0.441. The first kappa shape index (κ1) is 13.7. The fourth-order valence-corrected chi connectivity index (χ4v) is 3.11. The summed E-state index contributed by atoms with van der Waals surface area (Å²) in [5.74, 6) is -0.983. The van der Waals surface area contributed by atoms with Gasteiger partial charge in [-0.25, -0.2) is 9.78 Å². The molecule has 3 rings (SSSR count). The molecule has 2 atom stereocenters. The predicted octanol–water partition coefficient (Wildman–Crippen LogP) is 1.45. The van der Waals surface area contributed by atoms with Crippen LogP contribution in [-0.4, -0.2) is 46.3 Å². The second-order valence-corrected chi connectivity index (χ2v) is 5.23. The van der Waals surface area contributed by atoms with Gasteiger partial charge in [-0.15, -0.1) is 0 Å². The number of nitro groups is 1. The third-order valence-corrected chi connectivity index (χ3v) is 4.05. The Bertz CT molecular complexity index is 591. The topological polar surface area (TPSA) is 106 Å². The zero-order valence-corrected chi connectivity index (χ0v) is 11.3. The number of carbonyl (C=O) groups is 1. The lowest BCUT2D eigenvalue weighted by Crippen LogP contribution is -2.49. The normalized spacial score (nSPS) is 24.7. The maximum absolute atomic E-state index is 11.2. The highest BCUT2D eigenvalue weighted by Gasteiger charge is 2.39. The zero-order chi connectivity index (χ0) is 15.0. The van der Waals surface area contributed by atoms with E-state index in [1.54, 1.807) is 0 Å². The van der Waals surface area contributed by atoms with Crippen molar-refractivity contribution in [2.45, 2.75) is 31.4 Å². The first-order valence-corrected chi connectivity index (χ1v) is 6.84. The maximum atomic E-state index is 11.2. The van der Waals surface area contributed by atoms with Crippen LogP contribution in [0.15, 0.2) is 12.3 Å². The van der Waals surface area contributed by atoms with E-state index in [0.717, 1.165) is 25.3 Å². The summed E-state index contributed by atoms with van der Waals surface area (Å²) in [6.45, 7) is 1.03. The number of rotatable bonds is 3. The van der Waals surface area contributed by atoms with Gasteiger partial charge >= 0.3 is 11.7 Å². The molecule has 2 unspecified atom stereocenters. The highest BCUT2D eigenvalue weighted by Crippen LogP contribution is 2.36. The van der Waals surface area contributed by atoms with Crippen LogP contribution in [-0.2, 0) is 4.74 Å². The molecule has 1 saturated heterocycles. The molecular formula is C13H15N3O5. The summed E-state index contributed by atoms with van der Waals surface area (Å²) < 4.78 is 5.68. The predicted molar refractivity (Wildman–Crippen MR) is 72.6 cm³/mol. The molecule has 1 aromatic rings. The lowest BCUT2D eigenvalue weighted by atomic mass is 10.1. The Balaban J connectivity index is 2.00. The van der Waals surface area contributed by atoms with Crippen molar-refractivity contribution in [1.82, 2.24) is 4.98 Å². The Morgan fingerprint density at radius 1 is 1.52 bits per heavy atom. The van der Waals surface area contributed by atoms with Crippen LogP contribution < -0.4 is 4.90 Å². The molecule has 21 heavy (non-hydrogen) atoms. The first-order valence-electron chi connectivity index (χ1n) is 6.84. The molecule has 0 bridgehead atoms. The van der Waals surface area contributed by atoms with Crippen molar-refractivity contribution in [3.63, 3.8) is 0 Å². The van der Waals surface area contributed by atoms with Crippen LogP contribution >= 0.6 is 0 Å². The Morgan fingerprint density at radius 2 is 2.33 bits per heavy atom. The Morgan fingerprint density at radius 3 is 3.05 bits per heavy atom. The molecule has 8 heteroatoms. The average molecular weight is 293 g/mol. The van der Waals surface area contributed by atoms with Crippen molar-refractivity contribution in [3.05, 3.63) is 27.9 Å². The van der Waals surface area contributed by atoms with Gasteiger partial charge in [-0.1, -0.05) is 0 Å². The first-order chi connectivity index (χ1) is 10.1. The summed E-state index contributed by atoms with van der Waals surface area (Å²) in [5, 5.41) is 20.2. The van der Waals surface area contributed by atoms with Crippen LogP contribution in [0.3, 0.4) is 0 Å². The number of pyridine rings is 1. The Hall–Kier alpha value is -2.22. The minimum atomic E-state index is -1.22. The Kier molecular flexibility index (Phi) is 3.46. The number of morpholine rings is 1. The van der Waals surface area contributed by atoms with E-state index in [1.165, 1.54) is 6.20 Å². The summed E-state index contributed by atoms with van der Waals surface area (Å²) in [6, 6.07) is 1.16. The smallest absolute Gasteiger partial charge is 0.337 e. The van der Waals surface area contributed by atoms with Crippen LogP contribution in [0.4, 0.5) is 11.5 Å². The number of anilines is 1. The summed E-state index contributed by atoms with van der Waals surface area (Å²) in [4.78, 5) is 27.6. The summed E-state index contributed by atoms with van der Waals surface area (Å²) in [6.07, 6.45) is 4.13. The largest absolute Gasteiger partial charge is 0.478 e. The summed E-state index contributed by atoms with van der Waals surface area (Å²) >= 11 is 0. The molecule has 0 aromatic carbocycles. The number of ether oxygens (including phenoxy) is 1. The molecule has 0 amide bonds. The highest BCUT2D eigenvalue weighted by molar-refractivity contribution is 5.88. The van der Waals surface area contributed by atoms with Gasteiger partial charge in [-0.2, -0.15) is 0 Å². The third kappa shape index (κ3) is 2.42. The molecule has 0 radical (unpaired) electrons. The molecule has 1 saturated carbocycles. The SMILES string of the molecule is O=C(O)c1cnc(N2CCOC3CCCC32)c([N+](=O)[O-])c1. The van der Waals surface area contributed by atoms with Gasteiger partial charge in [0.15, 0.2) is 0 Å². The highest BCUT2D eigenvalue weighted by atomic mass is 16.6. The average Bonchev–Trinajstić information content (AvgIpc) is 2.94. The molecule has 2 aliphatic rings. The molecule has 8 nitrogen and oxygen atoms in total. The quantitative estimate of drug-likeness (QED) is 0.664.